The fourth-order valence-corrected chi connectivity index (χ4v) is 7.89. The highest BCUT2D eigenvalue weighted by atomic mass is 16.2. The first kappa shape index (κ1) is 26.6. The van der Waals surface area contributed by atoms with E-state index in [4.69, 9.17) is 5.10 Å². The molecule has 0 unspecified atom stereocenters. The predicted molar refractivity (Wildman–Crippen MR) is 158 cm³/mol. The Kier molecular flexibility index (Phi) is 7.15. The monoisotopic (exact) mass is 539 g/mol. The van der Waals surface area contributed by atoms with Crippen LogP contribution in [-0.2, 0) is 4.79 Å². The molecule has 4 aliphatic rings. The van der Waals surface area contributed by atoms with Crippen LogP contribution in [0.5, 0.6) is 0 Å². The predicted octanol–water partition coefficient (Wildman–Crippen LogP) is 6.49. The second-order valence-electron chi connectivity index (χ2n) is 12.6. The first-order chi connectivity index (χ1) is 19.3. The largest absolute Gasteiger partial charge is 0.333 e. The lowest BCUT2D eigenvalue weighted by Gasteiger charge is -2.57. The van der Waals surface area contributed by atoms with Gasteiger partial charge >= 0.3 is 6.03 Å². The maximum Gasteiger partial charge on any atom is 0.318 e. The SMILES string of the molecule is CCCN(CC(=O)Nc1cc(-c2ccccc2)nn1-c1ccc(C)cc1C)C(=O)NC12CC3CC(CC(C3)C1)C2. The van der Waals surface area contributed by atoms with Crippen molar-refractivity contribution >= 4 is 17.8 Å². The number of aryl methyl sites for hydroxylation is 2. The highest BCUT2D eigenvalue weighted by Gasteiger charge is 2.51. The van der Waals surface area contributed by atoms with E-state index >= 15 is 0 Å². The second-order valence-corrected chi connectivity index (χ2v) is 12.6. The summed E-state index contributed by atoms with van der Waals surface area (Å²) in [6.45, 7) is 6.70. The van der Waals surface area contributed by atoms with Gasteiger partial charge in [0.25, 0.3) is 0 Å². The van der Waals surface area contributed by atoms with Crippen LogP contribution in [0.15, 0.2) is 54.6 Å². The molecule has 3 aromatic rings. The van der Waals surface area contributed by atoms with Crippen molar-refractivity contribution in [3.63, 3.8) is 0 Å². The summed E-state index contributed by atoms with van der Waals surface area (Å²) < 4.78 is 1.80. The van der Waals surface area contributed by atoms with Crippen LogP contribution in [-0.4, -0.2) is 45.2 Å². The van der Waals surface area contributed by atoms with Crippen LogP contribution < -0.4 is 10.6 Å². The molecule has 0 saturated heterocycles. The summed E-state index contributed by atoms with van der Waals surface area (Å²) in [5.41, 5.74) is 4.82. The quantitative estimate of drug-likeness (QED) is 0.344. The zero-order chi connectivity index (χ0) is 27.9. The average molecular weight is 540 g/mol. The van der Waals surface area contributed by atoms with E-state index < -0.39 is 0 Å². The molecule has 4 aliphatic carbocycles. The van der Waals surface area contributed by atoms with Crippen LogP contribution in [0.3, 0.4) is 0 Å². The van der Waals surface area contributed by atoms with Crippen LogP contribution >= 0.6 is 0 Å². The molecule has 0 spiro atoms. The molecule has 0 atom stereocenters. The van der Waals surface area contributed by atoms with E-state index in [-0.39, 0.29) is 24.0 Å². The molecule has 4 saturated carbocycles. The number of nitrogens with one attached hydrogen (secondary N) is 2. The highest BCUT2D eigenvalue weighted by molar-refractivity contribution is 5.94. The Morgan fingerprint density at radius 1 is 0.975 bits per heavy atom. The van der Waals surface area contributed by atoms with Gasteiger partial charge < -0.3 is 15.5 Å². The van der Waals surface area contributed by atoms with E-state index in [2.05, 4.69) is 36.6 Å². The lowest BCUT2D eigenvalue weighted by Crippen LogP contribution is -2.62. The summed E-state index contributed by atoms with van der Waals surface area (Å²) in [6, 6.07) is 18.0. The van der Waals surface area contributed by atoms with Crippen molar-refractivity contribution in [1.29, 1.82) is 0 Å². The number of nitrogens with zero attached hydrogens (tertiary/aromatic N) is 3. The first-order valence-electron chi connectivity index (χ1n) is 14.9. The van der Waals surface area contributed by atoms with Crippen LogP contribution in [0.4, 0.5) is 10.6 Å². The first-order valence-corrected chi connectivity index (χ1v) is 14.9. The van der Waals surface area contributed by atoms with Gasteiger partial charge in [-0.3, -0.25) is 4.79 Å². The number of anilines is 1. The van der Waals surface area contributed by atoms with Gasteiger partial charge in [-0.15, -0.1) is 0 Å². The number of carbonyl (C=O) groups is 2. The summed E-state index contributed by atoms with van der Waals surface area (Å²) in [5.74, 6) is 2.62. The minimum Gasteiger partial charge on any atom is -0.333 e. The Labute approximate surface area is 237 Å². The molecule has 4 fully saturated rings. The molecular formula is C33H41N5O2. The zero-order valence-corrected chi connectivity index (χ0v) is 24.0. The Bertz CT molecular complexity index is 1360. The molecule has 1 aromatic heterocycles. The molecule has 7 heteroatoms. The molecule has 2 N–H and O–H groups in total. The number of carbonyl (C=O) groups excluding carboxylic acids is 2. The molecule has 7 nitrogen and oxygen atoms in total. The Morgan fingerprint density at radius 2 is 1.65 bits per heavy atom. The maximum atomic E-state index is 13.6. The minimum absolute atomic E-state index is 0.00473. The molecule has 4 bridgehead atoms. The molecule has 0 aliphatic heterocycles. The standard InChI is InChI=1S/C33H41N5O2/c1-4-12-37(32(40)35-33-18-24-14-25(19-33)16-26(15-24)20-33)21-31(39)34-30-17-28(27-8-6-5-7-9-27)36-38(30)29-11-10-22(2)13-23(29)3/h5-11,13,17,24-26H,4,12,14-16,18-21H2,1-3H3,(H,34,39)(H,35,40). The van der Waals surface area contributed by atoms with E-state index in [0.717, 1.165) is 65.9 Å². The molecule has 7 rings (SSSR count). The fourth-order valence-electron chi connectivity index (χ4n) is 7.89. The van der Waals surface area contributed by atoms with Gasteiger partial charge in [0.1, 0.15) is 12.4 Å². The van der Waals surface area contributed by atoms with E-state index in [1.807, 2.05) is 49.4 Å². The Morgan fingerprint density at radius 3 is 2.27 bits per heavy atom. The van der Waals surface area contributed by atoms with Crippen LogP contribution in [0.1, 0.15) is 63.0 Å². The molecule has 210 valence electrons. The fraction of sp³-hybridized carbons (Fsp3) is 0.485. The van der Waals surface area contributed by atoms with Crippen LogP contribution in [0.25, 0.3) is 16.9 Å². The third-order valence-electron chi connectivity index (χ3n) is 9.15. The number of aromatic nitrogens is 2. The van der Waals surface area contributed by atoms with E-state index in [1.54, 1.807) is 9.58 Å². The number of hydrogen-bond acceptors (Lipinski definition) is 3. The maximum absolute atomic E-state index is 13.6. The molecule has 2 aromatic carbocycles. The third kappa shape index (κ3) is 5.38. The van der Waals surface area contributed by atoms with E-state index in [9.17, 15) is 9.59 Å². The van der Waals surface area contributed by atoms with Crippen molar-refractivity contribution in [1.82, 2.24) is 20.0 Å². The van der Waals surface area contributed by atoms with Crippen molar-refractivity contribution in [2.45, 2.75) is 71.3 Å². The van der Waals surface area contributed by atoms with Gasteiger partial charge in [0.05, 0.1) is 11.4 Å². The smallest absolute Gasteiger partial charge is 0.318 e. The van der Waals surface area contributed by atoms with Gasteiger partial charge in [-0.2, -0.15) is 5.10 Å². The second kappa shape index (κ2) is 10.8. The molecular weight excluding hydrogens is 498 g/mol. The molecule has 3 amide bonds. The lowest BCUT2D eigenvalue weighted by molar-refractivity contribution is -0.116. The summed E-state index contributed by atoms with van der Waals surface area (Å²) >= 11 is 0. The van der Waals surface area contributed by atoms with Gasteiger partial charge in [0.2, 0.25) is 5.91 Å². The summed E-state index contributed by atoms with van der Waals surface area (Å²) in [4.78, 5) is 28.7. The summed E-state index contributed by atoms with van der Waals surface area (Å²) in [6.07, 6.45) is 8.05. The topological polar surface area (TPSA) is 79.3 Å². The van der Waals surface area contributed by atoms with Gasteiger partial charge in [0, 0.05) is 23.7 Å². The van der Waals surface area contributed by atoms with Crippen LogP contribution in [0.2, 0.25) is 0 Å². The van der Waals surface area contributed by atoms with E-state index in [1.165, 1.54) is 24.8 Å². The van der Waals surface area contributed by atoms with Crippen molar-refractivity contribution in [2.75, 3.05) is 18.4 Å². The van der Waals surface area contributed by atoms with E-state index in [0.29, 0.717) is 12.4 Å². The lowest BCUT2D eigenvalue weighted by atomic mass is 9.53. The van der Waals surface area contributed by atoms with Crippen LogP contribution in [0, 0.1) is 31.6 Å². The number of urea groups is 1. The molecule has 0 radical (unpaired) electrons. The average Bonchev–Trinajstić information content (AvgIpc) is 3.31. The Hall–Kier alpha value is -3.61. The van der Waals surface area contributed by atoms with Crippen molar-refractivity contribution < 1.29 is 9.59 Å². The number of benzene rings is 2. The number of rotatable bonds is 8. The Balaban J connectivity index is 1.21. The van der Waals surface area contributed by atoms with Crippen molar-refractivity contribution in [3.05, 3.63) is 65.7 Å². The van der Waals surface area contributed by atoms with Gasteiger partial charge in [-0.25, -0.2) is 9.48 Å². The summed E-state index contributed by atoms with van der Waals surface area (Å²) in [7, 11) is 0. The normalized spacial score (nSPS) is 24.6. The number of hydrogen-bond donors (Lipinski definition) is 2. The van der Waals surface area contributed by atoms with Gasteiger partial charge in [-0.1, -0.05) is 55.0 Å². The zero-order valence-electron chi connectivity index (χ0n) is 24.0. The molecule has 1 heterocycles. The van der Waals surface area contributed by atoms with Crippen molar-refractivity contribution in [3.8, 4) is 16.9 Å². The molecule has 40 heavy (non-hydrogen) atoms. The van der Waals surface area contributed by atoms with Gasteiger partial charge in [-0.05, 0) is 88.2 Å². The van der Waals surface area contributed by atoms with Crippen molar-refractivity contribution in [2.24, 2.45) is 17.8 Å². The summed E-state index contributed by atoms with van der Waals surface area (Å²) in [5, 5.41) is 11.4. The highest BCUT2D eigenvalue weighted by Crippen LogP contribution is 2.55. The number of amides is 3. The van der Waals surface area contributed by atoms with Gasteiger partial charge in [0.15, 0.2) is 0 Å². The minimum atomic E-state index is -0.223. The third-order valence-corrected chi connectivity index (χ3v) is 9.15.